The Hall–Kier alpha value is -1.89. The molecule has 1 fully saturated rings. The first kappa shape index (κ1) is 16.0. The Kier molecular flexibility index (Phi) is 4.14. The predicted octanol–water partition coefficient (Wildman–Crippen LogP) is 2.12. The maximum atomic E-state index is 12.4. The highest BCUT2D eigenvalue weighted by Gasteiger charge is 2.46. The molecule has 0 radical (unpaired) electrons. The Morgan fingerprint density at radius 3 is 2.61 bits per heavy atom. The fraction of sp³-hybridized carbons (Fsp3) is 0.438. The number of ketones is 2. The molecule has 0 amide bonds. The number of carbonyl (C=O) groups excluding carboxylic acids is 3. The number of methoxy groups -OCH3 is 1. The Bertz CT molecular complexity index is 698. The van der Waals surface area contributed by atoms with E-state index in [4.69, 9.17) is 9.47 Å². The van der Waals surface area contributed by atoms with Crippen LogP contribution in [0.4, 0.5) is 5.69 Å². The largest absolute Gasteiger partial charge is 0.493 e. The summed E-state index contributed by atoms with van der Waals surface area (Å²) in [5, 5.41) is 0. The molecular formula is C16H16BrNO5. The van der Waals surface area contributed by atoms with Crippen LogP contribution in [0, 0.1) is 0 Å². The summed E-state index contributed by atoms with van der Waals surface area (Å²) in [5.74, 6) is -1.68. The Morgan fingerprint density at radius 1 is 1.35 bits per heavy atom. The van der Waals surface area contributed by atoms with Gasteiger partial charge in [-0.2, -0.15) is 0 Å². The molecule has 0 aromatic heterocycles. The van der Waals surface area contributed by atoms with E-state index >= 15 is 0 Å². The lowest BCUT2D eigenvalue weighted by molar-refractivity contribution is -0.148. The van der Waals surface area contributed by atoms with Crippen LogP contribution in [0.15, 0.2) is 16.6 Å². The number of nitrogens with zero attached hydrogens (tertiary/aromatic N) is 1. The lowest BCUT2D eigenvalue weighted by Gasteiger charge is -2.35. The first-order chi connectivity index (χ1) is 11.0. The minimum absolute atomic E-state index is 0.130. The van der Waals surface area contributed by atoms with Crippen LogP contribution in [0.1, 0.15) is 30.1 Å². The molecule has 2 aliphatic rings. The van der Waals surface area contributed by atoms with Gasteiger partial charge in [-0.3, -0.25) is 9.59 Å². The van der Waals surface area contributed by atoms with Crippen molar-refractivity contribution in [2.75, 3.05) is 18.6 Å². The molecule has 3 rings (SSSR count). The van der Waals surface area contributed by atoms with Gasteiger partial charge in [-0.15, -0.1) is 0 Å². The first-order valence-electron chi connectivity index (χ1n) is 7.41. The van der Waals surface area contributed by atoms with Gasteiger partial charge in [0, 0.05) is 6.54 Å². The van der Waals surface area contributed by atoms with Crippen molar-refractivity contribution < 1.29 is 23.9 Å². The average molecular weight is 382 g/mol. The van der Waals surface area contributed by atoms with Crippen molar-refractivity contribution in [3.8, 4) is 5.75 Å². The highest BCUT2D eigenvalue weighted by atomic mass is 79.9. The van der Waals surface area contributed by atoms with Crippen LogP contribution < -0.4 is 9.64 Å². The molecule has 1 aliphatic heterocycles. The normalized spacial score (nSPS) is 20.3. The zero-order valence-electron chi connectivity index (χ0n) is 12.8. The fourth-order valence-corrected chi connectivity index (χ4v) is 3.21. The molecule has 1 atom stereocenters. The molecule has 1 saturated carbocycles. The van der Waals surface area contributed by atoms with Gasteiger partial charge >= 0.3 is 5.97 Å². The van der Waals surface area contributed by atoms with E-state index in [-0.39, 0.29) is 11.7 Å². The van der Waals surface area contributed by atoms with E-state index in [0.29, 0.717) is 22.5 Å². The molecule has 1 aliphatic carbocycles. The number of benzene rings is 1. The highest BCUT2D eigenvalue weighted by Crippen LogP contribution is 2.42. The van der Waals surface area contributed by atoms with Crippen LogP contribution in [0.3, 0.4) is 0 Å². The maximum absolute atomic E-state index is 12.4. The van der Waals surface area contributed by atoms with Crippen molar-refractivity contribution in [2.24, 2.45) is 0 Å². The van der Waals surface area contributed by atoms with Crippen molar-refractivity contribution in [3.63, 3.8) is 0 Å². The highest BCUT2D eigenvalue weighted by molar-refractivity contribution is 9.10. The third kappa shape index (κ3) is 2.63. The number of ether oxygens (including phenoxy) is 2. The number of anilines is 1. The molecule has 122 valence electrons. The topological polar surface area (TPSA) is 72.9 Å². The van der Waals surface area contributed by atoms with Gasteiger partial charge < -0.3 is 14.4 Å². The Labute approximate surface area is 141 Å². The number of rotatable bonds is 4. The van der Waals surface area contributed by atoms with E-state index in [0.717, 1.165) is 12.8 Å². The van der Waals surface area contributed by atoms with Crippen molar-refractivity contribution in [1.29, 1.82) is 0 Å². The number of esters is 1. The molecule has 1 aromatic rings. The minimum Gasteiger partial charge on any atom is -0.493 e. The van der Waals surface area contributed by atoms with Gasteiger partial charge in [0.05, 0.1) is 22.8 Å². The maximum Gasteiger partial charge on any atom is 0.337 e. The van der Waals surface area contributed by atoms with E-state index in [2.05, 4.69) is 15.9 Å². The summed E-state index contributed by atoms with van der Waals surface area (Å²) in [6.07, 6.45) is 1.48. The second-order valence-corrected chi connectivity index (χ2v) is 6.35. The van der Waals surface area contributed by atoms with Crippen LogP contribution in [0.5, 0.6) is 5.75 Å². The van der Waals surface area contributed by atoms with Gasteiger partial charge in [0.15, 0.2) is 11.8 Å². The van der Waals surface area contributed by atoms with Gasteiger partial charge in [-0.05, 0) is 47.8 Å². The third-order valence-corrected chi connectivity index (χ3v) is 4.60. The number of hydrogen-bond acceptors (Lipinski definition) is 6. The van der Waals surface area contributed by atoms with Crippen LogP contribution in [0.25, 0.3) is 0 Å². The SMILES string of the molecule is CCN1c2c(ccc(Br)c2OC)C(=O)C(=O)C1C(=O)OC1CC1. The van der Waals surface area contributed by atoms with Crippen LogP contribution in [-0.4, -0.2) is 43.3 Å². The fourth-order valence-electron chi connectivity index (χ4n) is 2.73. The Morgan fingerprint density at radius 2 is 2.04 bits per heavy atom. The van der Waals surface area contributed by atoms with Crippen molar-refractivity contribution in [1.82, 2.24) is 0 Å². The smallest absolute Gasteiger partial charge is 0.337 e. The first-order valence-corrected chi connectivity index (χ1v) is 8.21. The van der Waals surface area contributed by atoms with Gasteiger partial charge in [-0.25, -0.2) is 4.79 Å². The summed E-state index contributed by atoms with van der Waals surface area (Å²) in [6, 6.07) is 1.97. The zero-order chi connectivity index (χ0) is 16.7. The van der Waals surface area contributed by atoms with Crippen molar-refractivity contribution in [3.05, 3.63) is 22.2 Å². The standard InChI is InChI=1S/C16H16BrNO5/c1-3-18-11-9(6-7-10(17)15(11)22-2)13(19)14(20)12(18)16(21)23-8-4-5-8/h6-8,12H,3-5H2,1-2H3. The number of hydrogen-bond donors (Lipinski definition) is 0. The lowest BCUT2D eigenvalue weighted by atomic mass is 9.92. The predicted molar refractivity (Wildman–Crippen MR) is 86.0 cm³/mol. The van der Waals surface area contributed by atoms with Gasteiger partial charge in [0.1, 0.15) is 6.10 Å². The molecular weight excluding hydrogens is 366 g/mol. The number of carbonyl (C=O) groups is 3. The molecule has 1 unspecified atom stereocenters. The van der Waals surface area contributed by atoms with E-state index in [1.807, 2.05) is 6.92 Å². The van der Waals surface area contributed by atoms with Crippen LogP contribution in [-0.2, 0) is 14.3 Å². The van der Waals surface area contributed by atoms with E-state index < -0.39 is 23.6 Å². The summed E-state index contributed by atoms with van der Waals surface area (Å²) >= 11 is 3.37. The molecule has 1 aromatic carbocycles. The van der Waals surface area contributed by atoms with Crippen molar-refractivity contribution in [2.45, 2.75) is 31.9 Å². The quantitative estimate of drug-likeness (QED) is 0.451. The minimum atomic E-state index is -1.25. The van der Waals surface area contributed by atoms with E-state index in [9.17, 15) is 14.4 Å². The summed E-state index contributed by atoms with van der Waals surface area (Å²) in [4.78, 5) is 38.8. The summed E-state index contributed by atoms with van der Waals surface area (Å²) in [6.45, 7) is 2.17. The number of fused-ring (bicyclic) bond motifs is 1. The molecule has 23 heavy (non-hydrogen) atoms. The number of Topliss-reactive ketones (excluding diaryl/α,β-unsaturated/α-hetero) is 2. The van der Waals surface area contributed by atoms with Crippen LogP contribution in [0.2, 0.25) is 0 Å². The van der Waals surface area contributed by atoms with Gasteiger partial charge in [-0.1, -0.05) is 0 Å². The van der Waals surface area contributed by atoms with Crippen LogP contribution >= 0.6 is 15.9 Å². The molecule has 0 N–H and O–H groups in total. The van der Waals surface area contributed by atoms with Crippen molar-refractivity contribution >= 4 is 39.2 Å². The summed E-state index contributed by atoms with van der Waals surface area (Å²) in [5.41, 5.74) is 0.694. The van der Waals surface area contributed by atoms with Gasteiger partial charge in [0.25, 0.3) is 0 Å². The second kappa shape index (κ2) is 5.96. The average Bonchev–Trinajstić information content (AvgIpc) is 3.34. The molecule has 0 bridgehead atoms. The molecule has 1 heterocycles. The molecule has 6 nitrogen and oxygen atoms in total. The second-order valence-electron chi connectivity index (χ2n) is 5.49. The number of likely N-dealkylation sites (N-methyl/N-ethyl adjacent to an activating group) is 1. The monoisotopic (exact) mass is 381 g/mol. The Balaban J connectivity index is 2.10. The summed E-state index contributed by atoms with van der Waals surface area (Å²) < 4.78 is 11.3. The van der Waals surface area contributed by atoms with Gasteiger partial charge in [0.2, 0.25) is 11.6 Å². The van der Waals surface area contributed by atoms with E-state index in [1.54, 1.807) is 17.0 Å². The number of halogens is 1. The van der Waals surface area contributed by atoms with E-state index in [1.165, 1.54) is 7.11 Å². The zero-order valence-corrected chi connectivity index (χ0v) is 14.4. The molecule has 7 heteroatoms. The third-order valence-electron chi connectivity index (χ3n) is 3.97. The molecule has 0 spiro atoms. The lowest BCUT2D eigenvalue weighted by Crippen LogP contribution is -2.54. The molecule has 0 saturated heterocycles. The summed E-state index contributed by atoms with van der Waals surface area (Å²) in [7, 11) is 1.48.